The molecule has 1 aromatic heterocycles. The number of hydrogen-bond donors (Lipinski definition) is 2. The average Bonchev–Trinajstić information content (AvgIpc) is 2.87. The lowest BCUT2D eigenvalue weighted by molar-refractivity contribution is -0.188. The average molecular weight is 275 g/mol. The fourth-order valence-corrected chi connectivity index (χ4v) is 2.74. The number of halogens is 3. The maximum absolute atomic E-state index is 12.9. The van der Waals surface area contributed by atoms with Gasteiger partial charge in [0.05, 0.1) is 5.92 Å². The molecule has 0 bridgehead atoms. The first-order chi connectivity index (χ1) is 9.07. The van der Waals surface area contributed by atoms with E-state index in [1.54, 1.807) is 12.4 Å². The maximum atomic E-state index is 12.9. The minimum Gasteiger partial charge on any atom is -0.349 e. The van der Waals surface area contributed by atoms with E-state index in [0.717, 1.165) is 25.1 Å². The number of aromatic amines is 1. The van der Waals surface area contributed by atoms with Crippen molar-refractivity contribution in [2.75, 3.05) is 6.54 Å². The first-order valence-electron chi connectivity index (χ1n) is 6.86. The van der Waals surface area contributed by atoms with Gasteiger partial charge in [0, 0.05) is 24.9 Å². The van der Waals surface area contributed by atoms with E-state index in [-0.39, 0.29) is 6.42 Å². The Bertz CT molecular complexity index is 362. The summed E-state index contributed by atoms with van der Waals surface area (Å²) in [4.78, 5) is 7.08. The van der Waals surface area contributed by atoms with Crippen LogP contribution in [0, 0.1) is 5.92 Å². The predicted octanol–water partition coefficient (Wildman–Crippen LogP) is 3.05. The molecule has 1 heterocycles. The second-order valence-electron chi connectivity index (χ2n) is 5.13. The van der Waals surface area contributed by atoms with Crippen LogP contribution in [-0.2, 0) is 6.42 Å². The second-order valence-corrected chi connectivity index (χ2v) is 5.13. The Morgan fingerprint density at radius 1 is 1.32 bits per heavy atom. The summed E-state index contributed by atoms with van der Waals surface area (Å²) in [7, 11) is 0. The molecule has 0 saturated heterocycles. The molecule has 0 aromatic carbocycles. The van der Waals surface area contributed by atoms with Gasteiger partial charge in [-0.25, -0.2) is 4.98 Å². The zero-order valence-electron chi connectivity index (χ0n) is 10.8. The molecule has 0 spiro atoms. The van der Waals surface area contributed by atoms with Gasteiger partial charge in [0.15, 0.2) is 0 Å². The van der Waals surface area contributed by atoms with E-state index in [4.69, 9.17) is 0 Å². The van der Waals surface area contributed by atoms with Crippen molar-refractivity contribution in [3.05, 3.63) is 18.2 Å². The highest BCUT2D eigenvalue weighted by molar-refractivity contribution is 4.88. The summed E-state index contributed by atoms with van der Waals surface area (Å²) in [5.41, 5.74) is 0. The summed E-state index contributed by atoms with van der Waals surface area (Å²) in [5, 5.41) is 3.08. The Balaban J connectivity index is 1.74. The van der Waals surface area contributed by atoms with Crippen molar-refractivity contribution >= 4 is 0 Å². The van der Waals surface area contributed by atoms with Gasteiger partial charge < -0.3 is 10.3 Å². The number of alkyl halides is 3. The molecule has 2 N–H and O–H groups in total. The summed E-state index contributed by atoms with van der Waals surface area (Å²) in [6, 6.07) is -0.412. The van der Waals surface area contributed by atoms with Crippen LogP contribution >= 0.6 is 0 Å². The second kappa shape index (κ2) is 6.41. The molecule has 0 amide bonds. The SMILES string of the molecule is FC(F)(F)C1CCCCC1NCCCc1ncc[nH]1. The van der Waals surface area contributed by atoms with Gasteiger partial charge in [0.1, 0.15) is 5.82 Å². The molecule has 2 unspecified atom stereocenters. The van der Waals surface area contributed by atoms with Gasteiger partial charge in [0.2, 0.25) is 0 Å². The van der Waals surface area contributed by atoms with Crippen LogP contribution in [0.5, 0.6) is 0 Å². The standard InChI is InChI=1S/C13H20F3N3/c14-13(15,16)10-4-1-2-5-11(10)17-7-3-6-12-18-8-9-19-12/h8-11,17H,1-7H2,(H,18,19). The van der Waals surface area contributed by atoms with Crippen molar-refractivity contribution in [3.63, 3.8) is 0 Å². The third-order valence-corrected chi connectivity index (χ3v) is 3.74. The number of rotatable bonds is 5. The molecule has 19 heavy (non-hydrogen) atoms. The monoisotopic (exact) mass is 275 g/mol. The number of nitrogens with one attached hydrogen (secondary N) is 2. The van der Waals surface area contributed by atoms with E-state index in [2.05, 4.69) is 15.3 Å². The molecule has 1 saturated carbocycles. The molecule has 2 rings (SSSR count). The lowest BCUT2D eigenvalue weighted by Crippen LogP contribution is -2.45. The van der Waals surface area contributed by atoms with E-state index in [1.807, 2.05) is 0 Å². The fraction of sp³-hybridized carbons (Fsp3) is 0.769. The number of H-pyrrole nitrogens is 1. The molecule has 1 aromatic rings. The summed E-state index contributed by atoms with van der Waals surface area (Å²) in [6.45, 7) is 0.609. The maximum Gasteiger partial charge on any atom is 0.393 e. The molecule has 108 valence electrons. The number of aromatic nitrogens is 2. The van der Waals surface area contributed by atoms with Crippen molar-refractivity contribution in [3.8, 4) is 0 Å². The molecule has 1 fully saturated rings. The smallest absolute Gasteiger partial charge is 0.349 e. The van der Waals surface area contributed by atoms with Crippen LogP contribution in [0.25, 0.3) is 0 Å². The highest BCUT2D eigenvalue weighted by Crippen LogP contribution is 2.37. The van der Waals surface area contributed by atoms with Gasteiger partial charge >= 0.3 is 6.18 Å². The molecule has 0 radical (unpaired) electrons. The van der Waals surface area contributed by atoms with Crippen LogP contribution < -0.4 is 5.32 Å². The van der Waals surface area contributed by atoms with E-state index < -0.39 is 18.1 Å². The number of aryl methyl sites for hydroxylation is 1. The van der Waals surface area contributed by atoms with Gasteiger partial charge in [0.25, 0.3) is 0 Å². The Morgan fingerprint density at radius 2 is 2.11 bits per heavy atom. The highest BCUT2D eigenvalue weighted by Gasteiger charge is 2.45. The van der Waals surface area contributed by atoms with Crippen LogP contribution in [0.1, 0.15) is 37.9 Å². The number of nitrogens with zero attached hydrogens (tertiary/aromatic N) is 1. The van der Waals surface area contributed by atoms with Crippen molar-refractivity contribution in [2.45, 2.75) is 50.7 Å². The number of imidazole rings is 1. The largest absolute Gasteiger partial charge is 0.393 e. The fourth-order valence-electron chi connectivity index (χ4n) is 2.74. The van der Waals surface area contributed by atoms with E-state index in [1.165, 1.54) is 0 Å². The van der Waals surface area contributed by atoms with Crippen LogP contribution in [0.15, 0.2) is 12.4 Å². The minimum atomic E-state index is -4.07. The Hall–Kier alpha value is -1.04. The summed E-state index contributed by atoms with van der Waals surface area (Å²) >= 11 is 0. The van der Waals surface area contributed by atoms with Crippen molar-refractivity contribution in [2.24, 2.45) is 5.92 Å². The van der Waals surface area contributed by atoms with Crippen LogP contribution in [-0.4, -0.2) is 28.7 Å². The first kappa shape index (κ1) is 14.4. The zero-order valence-corrected chi connectivity index (χ0v) is 10.8. The quantitative estimate of drug-likeness (QED) is 0.811. The molecule has 6 heteroatoms. The Morgan fingerprint density at radius 3 is 2.79 bits per heavy atom. The van der Waals surface area contributed by atoms with E-state index >= 15 is 0 Å². The lowest BCUT2D eigenvalue weighted by atomic mass is 9.84. The number of hydrogen-bond acceptors (Lipinski definition) is 2. The van der Waals surface area contributed by atoms with Crippen molar-refractivity contribution < 1.29 is 13.2 Å². The molecule has 1 aliphatic rings. The van der Waals surface area contributed by atoms with Gasteiger partial charge in [-0.2, -0.15) is 13.2 Å². The normalized spacial score (nSPS) is 24.6. The summed E-state index contributed by atoms with van der Waals surface area (Å²) < 4.78 is 38.6. The lowest BCUT2D eigenvalue weighted by Gasteiger charge is -2.33. The molecule has 3 nitrogen and oxygen atoms in total. The molecule has 2 atom stereocenters. The molecular weight excluding hydrogens is 255 g/mol. The molecule has 0 aliphatic heterocycles. The van der Waals surface area contributed by atoms with Gasteiger partial charge in [-0.05, 0) is 25.8 Å². The Kier molecular flexibility index (Phi) is 4.85. The van der Waals surface area contributed by atoms with Crippen molar-refractivity contribution in [1.82, 2.24) is 15.3 Å². The highest BCUT2D eigenvalue weighted by atomic mass is 19.4. The van der Waals surface area contributed by atoms with Crippen LogP contribution in [0.4, 0.5) is 13.2 Å². The topological polar surface area (TPSA) is 40.7 Å². The van der Waals surface area contributed by atoms with Gasteiger partial charge in [-0.1, -0.05) is 12.8 Å². The van der Waals surface area contributed by atoms with Gasteiger partial charge in [-0.3, -0.25) is 0 Å². The third kappa shape index (κ3) is 4.23. The van der Waals surface area contributed by atoms with Crippen LogP contribution in [0.2, 0.25) is 0 Å². The van der Waals surface area contributed by atoms with Crippen molar-refractivity contribution in [1.29, 1.82) is 0 Å². The summed E-state index contributed by atoms with van der Waals surface area (Å²) in [6.07, 6.45) is 3.41. The predicted molar refractivity (Wildman–Crippen MR) is 66.7 cm³/mol. The Labute approximate surface area is 111 Å². The van der Waals surface area contributed by atoms with Crippen LogP contribution in [0.3, 0.4) is 0 Å². The summed E-state index contributed by atoms with van der Waals surface area (Å²) in [5.74, 6) is -0.289. The van der Waals surface area contributed by atoms with Gasteiger partial charge in [-0.15, -0.1) is 0 Å². The third-order valence-electron chi connectivity index (χ3n) is 3.74. The van der Waals surface area contributed by atoms with E-state index in [9.17, 15) is 13.2 Å². The molecule has 1 aliphatic carbocycles. The van der Waals surface area contributed by atoms with E-state index in [0.29, 0.717) is 19.4 Å². The minimum absolute atomic E-state index is 0.263. The molecular formula is C13H20F3N3. The first-order valence-corrected chi connectivity index (χ1v) is 6.86. The zero-order chi connectivity index (χ0) is 13.7.